The summed E-state index contributed by atoms with van der Waals surface area (Å²) in [4.78, 5) is 14.1. The molecule has 1 N–H and O–H groups in total. The van der Waals surface area contributed by atoms with Crippen LogP contribution < -0.4 is 10.1 Å². The number of hydrogen-bond donors (Lipinski definition) is 1. The van der Waals surface area contributed by atoms with E-state index in [2.05, 4.69) is 17.1 Å². The fourth-order valence-corrected chi connectivity index (χ4v) is 2.28. The van der Waals surface area contributed by atoms with Crippen LogP contribution in [0.3, 0.4) is 0 Å². The normalized spacial score (nSPS) is 15.9. The highest BCUT2D eigenvalue weighted by Crippen LogP contribution is 2.23. The number of ether oxygens (including phenoxy) is 2. The van der Waals surface area contributed by atoms with Crippen molar-refractivity contribution in [3.8, 4) is 5.75 Å². The topological polar surface area (TPSA) is 50.8 Å². The van der Waals surface area contributed by atoms with E-state index in [0.717, 1.165) is 36.5 Å². The zero-order valence-electron chi connectivity index (χ0n) is 12.1. The molecule has 0 unspecified atom stereocenters. The summed E-state index contributed by atoms with van der Waals surface area (Å²) in [6, 6.07) is 5.78. The van der Waals surface area contributed by atoms with Crippen molar-refractivity contribution in [1.29, 1.82) is 0 Å². The van der Waals surface area contributed by atoms with Crippen molar-refractivity contribution in [3.05, 3.63) is 23.8 Å². The first-order chi connectivity index (χ1) is 9.72. The Morgan fingerprint density at radius 2 is 2.15 bits per heavy atom. The van der Waals surface area contributed by atoms with Gasteiger partial charge in [0, 0.05) is 24.8 Å². The van der Waals surface area contributed by atoms with Gasteiger partial charge in [-0.05, 0) is 18.1 Å². The molecule has 20 heavy (non-hydrogen) atoms. The maximum Gasteiger partial charge on any atom is 0.238 e. The number of benzene rings is 1. The van der Waals surface area contributed by atoms with Gasteiger partial charge in [-0.1, -0.05) is 13.0 Å². The van der Waals surface area contributed by atoms with Crippen molar-refractivity contribution in [1.82, 2.24) is 4.90 Å². The third kappa shape index (κ3) is 3.95. The predicted molar refractivity (Wildman–Crippen MR) is 78.3 cm³/mol. The maximum atomic E-state index is 12.0. The Balaban J connectivity index is 1.93. The van der Waals surface area contributed by atoms with Crippen LogP contribution in [-0.2, 0) is 16.0 Å². The lowest BCUT2D eigenvalue weighted by molar-refractivity contribution is -0.118. The molecule has 5 heteroatoms. The molecule has 1 aliphatic rings. The van der Waals surface area contributed by atoms with E-state index in [9.17, 15) is 4.79 Å². The number of nitrogens with zero attached hydrogens (tertiary/aromatic N) is 1. The second-order valence-corrected chi connectivity index (χ2v) is 4.82. The van der Waals surface area contributed by atoms with Crippen molar-refractivity contribution in [2.45, 2.75) is 13.3 Å². The number of carbonyl (C=O) groups excluding carboxylic acids is 1. The molecule has 0 bridgehead atoms. The number of methoxy groups -OCH3 is 1. The second kappa shape index (κ2) is 7.26. The van der Waals surface area contributed by atoms with Crippen molar-refractivity contribution in [3.63, 3.8) is 0 Å². The number of amides is 1. The molecular weight excluding hydrogens is 256 g/mol. The molecule has 2 rings (SSSR count). The average molecular weight is 278 g/mol. The highest BCUT2D eigenvalue weighted by molar-refractivity contribution is 5.92. The van der Waals surface area contributed by atoms with E-state index in [1.165, 1.54) is 0 Å². The van der Waals surface area contributed by atoms with Gasteiger partial charge in [0.15, 0.2) is 0 Å². The third-order valence-electron chi connectivity index (χ3n) is 3.42. The Morgan fingerprint density at radius 3 is 2.80 bits per heavy atom. The van der Waals surface area contributed by atoms with E-state index in [0.29, 0.717) is 19.8 Å². The Kier molecular flexibility index (Phi) is 5.38. The summed E-state index contributed by atoms with van der Waals surface area (Å²) in [5.41, 5.74) is 1.91. The van der Waals surface area contributed by atoms with E-state index >= 15 is 0 Å². The van der Waals surface area contributed by atoms with Crippen LogP contribution >= 0.6 is 0 Å². The molecule has 1 aromatic carbocycles. The Labute approximate surface area is 119 Å². The summed E-state index contributed by atoms with van der Waals surface area (Å²) in [5, 5.41) is 2.91. The number of anilines is 1. The summed E-state index contributed by atoms with van der Waals surface area (Å²) in [5.74, 6) is 0.815. The SMILES string of the molecule is CCc1ccc(NC(=O)CN2CCOCC2)cc1OC. The number of aryl methyl sites for hydroxylation is 1. The lowest BCUT2D eigenvalue weighted by Gasteiger charge is -2.25. The summed E-state index contributed by atoms with van der Waals surface area (Å²) in [6.45, 7) is 5.51. The summed E-state index contributed by atoms with van der Waals surface area (Å²) in [7, 11) is 1.65. The Morgan fingerprint density at radius 1 is 1.40 bits per heavy atom. The van der Waals surface area contributed by atoms with E-state index in [1.54, 1.807) is 7.11 Å². The molecule has 0 saturated carbocycles. The van der Waals surface area contributed by atoms with Gasteiger partial charge in [0.05, 0.1) is 26.9 Å². The summed E-state index contributed by atoms with van der Waals surface area (Å²) < 4.78 is 10.6. The monoisotopic (exact) mass is 278 g/mol. The molecule has 1 aromatic rings. The largest absolute Gasteiger partial charge is 0.496 e. The van der Waals surface area contributed by atoms with Crippen LogP contribution in [0.15, 0.2) is 18.2 Å². The minimum absolute atomic E-state index is 0.00167. The quantitative estimate of drug-likeness (QED) is 0.887. The highest BCUT2D eigenvalue weighted by Gasteiger charge is 2.14. The van der Waals surface area contributed by atoms with Crippen molar-refractivity contribution in [2.75, 3.05) is 45.3 Å². The fraction of sp³-hybridized carbons (Fsp3) is 0.533. The van der Waals surface area contributed by atoms with Crippen LogP contribution in [0.4, 0.5) is 5.69 Å². The average Bonchev–Trinajstić information content (AvgIpc) is 2.48. The van der Waals surface area contributed by atoms with E-state index in [-0.39, 0.29) is 5.91 Å². The second-order valence-electron chi connectivity index (χ2n) is 4.82. The molecular formula is C15H22N2O3. The van der Waals surface area contributed by atoms with Crippen molar-refractivity contribution in [2.24, 2.45) is 0 Å². The summed E-state index contributed by atoms with van der Waals surface area (Å²) in [6.07, 6.45) is 0.908. The standard InChI is InChI=1S/C15H22N2O3/c1-3-12-4-5-13(10-14(12)19-2)16-15(18)11-17-6-8-20-9-7-17/h4-5,10H,3,6-9,11H2,1-2H3,(H,16,18). The van der Waals surface area contributed by atoms with Crippen LogP contribution in [0.2, 0.25) is 0 Å². The minimum Gasteiger partial charge on any atom is -0.496 e. The Hall–Kier alpha value is -1.59. The smallest absolute Gasteiger partial charge is 0.238 e. The van der Waals surface area contributed by atoms with Gasteiger partial charge in [-0.3, -0.25) is 9.69 Å². The lowest BCUT2D eigenvalue weighted by Crippen LogP contribution is -2.41. The fourth-order valence-electron chi connectivity index (χ4n) is 2.28. The first kappa shape index (κ1) is 14.8. The van der Waals surface area contributed by atoms with Crippen LogP contribution in [0.1, 0.15) is 12.5 Å². The first-order valence-corrected chi connectivity index (χ1v) is 6.99. The molecule has 0 aliphatic carbocycles. The minimum atomic E-state index is -0.00167. The van der Waals surface area contributed by atoms with Crippen LogP contribution in [0, 0.1) is 0 Å². The molecule has 110 valence electrons. The molecule has 1 aliphatic heterocycles. The van der Waals surface area contributed by atoms with Gasteiger partial charge in [-0.2, -0.15) is 0 Å². The van der Waals surface area contributed by atoms with Gasteiger partial charge in [-0.25, -0.2) is 0 Å². The molecule has 0 atom stereocenters. The predicted octanol–water partition coefficient (Wildman–Crippen LogP) is 1.53. The zero-order chi connectivity index (χ0) is 14.4. The van der Waals surface area contributed by atoms with Crippen molar-refractivity contribution >= 4 is 11.6 Å². The number of morpholine rings is 1. The third-order valence-corrected chi connectivity index (χ3v) is 3.42. The summed E-state index contributed by atoms with van der Waals surface area (Å²) >= 11 is 0. The highest BCUT2D eigenvalue weighted by atomic mass is 16.5. The van der Waals surface area contributed by atoms with Gasteiger partial charge in [-0.15, -0.1) is 0 Å². The first-order valence-electron chi connectivity index (χ1n) is 6.99. The van der Waals surface area contributed by atoms with Gasteiger partial charge < -0.3 is 14.8 Å². The Bertz CT molecular complexity index is 456. The molecule has 1 amide bonds. The van der Waals surface area contributed by atoms with Crippen LogP contribution in [-0.4, -0.2) is 50.8 Å². The maximum absolute atomic E-state index is 12.0. The number of rotatable bonds is 5. The number of carbonyl (C=O) groups is 1. The van der Waals surface area contributed by atoms with Gasteiger partial charge >= 0.3 is 0 Å². The molecule has 1 fully saturated rings. The van der Waals surface area contributed by atoms with E-state index in [1.807, 2.05) is 18.2 Å². The van der Waals surface area contributed by atoms with Crippen molar-refractivity contribution < 1.29 is 14.3 Å². The van der Waals surface area contributed by atoms with Gasteiger partial charge in [0.25, 0.3) is 0 Å². The number of nitrogens with one attached hydrogen (secondary N) is 1. The number of hydrogen-bond acceptors (Lipinski definition) is 4. The molecule has 0 aromatic heterocycles. The molecule has 1 saturated heterocycles. The van der Waals surface area contributed by atoms with E-state index in [4.69, 9.17) is 9.47 Å². The van der Waals surface area contributed by atoms with Gasteiger partial charge in [0.1, 0.15) is 5.75 Å². The van der Waals surface area contributed by atoms with Gasteiger partial charge in [0.2, 0.25) is 5.91 Å². The molecule has 0 spiro atoms. The van der Waals surface area contributed by atoms with Crippen LogP contribution in [0.5, 0.6) is 5.75 Å². The van der Waals surface area contributed by atoms with E-state index < -0.39 is 0 Å². The van der Waals surface area contributed by atoms with Crippen LogP contribution in [0.25, 0.3) is 0 Å². The molecule has 0 radical (unpaired) electrons. The molecule has 1 heterocycles. The lowest BCUT2D eigenvalue weighted by atomic mass is 10.1. The molecule has 5 nitrogen and oxygen atoms in total. The zero-order valence-corrected chi connectivity index (χ0v) is 12.1.